The van der Waals surface area contributed by atoms with Crippen molar-refractivity contribution in [1.29, 1.82) is 5.26 Å². The highest BCUT2D eigenvalue weighted by atomic mass is 16.5. The van der Waals surface area contributed by atoms with Crippen LogP contribution in [0.4, 0.5) is 0 Å². The molecule has 0 aliphatic carbocycles. The first-order valence-electron chi connectivity index (χ1n) is 5.70. The van der Waals surface area contributed by atoms with E-state index in [0.717, 1.165) is 11.6 Å². The molecule has 1 aromatic rings. The van der Waals surface area contributed by atoms with Crippen molar-refractivity contribution in [3.63, 3.8) is 0 Å². The fourth-order valence-corrected chi connectivity index (χ4v) is 1.69. The molecule has 0 bridgehead atoms. The van der Waals surface area contributed by atoms with Gasteiger partial charge >= 0.3 is 0 Å². The van der Waals surface area contributed by atoms with Crippen LogP contribution in [0.2, 0.25) is 0 Å². The Morgan fingerprint density at radius 2 is 2.41 bits per heavy atom. The average Bonchev–Trinajstić information content (AvgIpc) is 2.68. The van der Waals surface area contributed by atoms with Gasteiger partial charge < -0.3 is 9.47 Å². The Balaban J connectivity index is 2.11. The Labute approximate surface area is 101 Å². The van der Waals surface area contributed by atoms with Crippen LogP contribution in [0.5, 0.6) is 5.88 Å². The van der Waals surface area contributed by atoms with Crippen molar-refractivity contribution in [2.75, 3.05) is 13.2 Å². The highest BCUT2D eigenvalue weighted by Gasteiger charge is 2.25. The molecule has 17 heavy (non-hydrogen) atoms. The number of hydrogen-bond acceptors (Lipinski definition) is 4. The Morgan fingerprint density at radius 3 is 3.06 bits per heavy atom. The molecule has 1 atom stereocenters. The van der Waals surface area contributed by atoms with Crippen molar-refractivity contribution in [2.45, 2.75) is 38.8 Å². The summed E-state index contributed by atoms with van der Waals surface area (Å²) in [7, 11) is 0. The van der Waals surface area contributed by atoms with Crippen LogP contribution in [0.15, 0.2) is 6.07 Å². The topological polar surface area (TPSA) is 60.1 Å². The molecule has 2 rings (SSSR count). The zero-order valence-corrected chi connectivity index (χ0v) is 10.4. The van der Waals surface area contributed by atoms with Crippen LogP contribution in [0.3, 0.4) is 0 Å². The second-order valence-corrected chi connectivity index (χ2v) is 5.20. The number of ether oxygens (including phenoxy) is 2. The fraction of sp³-hybridized carbons (Fsp3) is 0.667. The molecule has 1 aliphatic heterocycles. The molecule has 92 valence electrons. The smallest absolute Gasteiger partial charge is 0.212 e. The molecule has 2 heterocycles. The summed E-state index contributed by atoms with van der Waals surface area (Å²) in [6.45, 7) is 7.57. The normalized spacial score (nSPS) is 19.3. The Hall–Kier alpha value is -1.54. The first-order valence-corrected chi connectivity index (χ1v) is 5.70. The lowest BCUT2D eigenvalue weighted by Crippen LogP contribution is -2.32. The number of rotatable bonds is 2. The van der Waals surface area contributed by atoms with Crippen molar-refractivity contribution in [3.05, 3.63) is 11.8 Å². The number of aromatic nitrogens is 2. The van der Waals surface area contributed by atoms with Gasteiger partial charge in [-0.25, -0.2) is 4.68 Å². The van der Waals surface area contributed by atoms with Crippen LogP contribution in [-0.2, 0) is 16.7 Å². The maximum atomic E-state index is 8.46. The van der Waals surface area contributed by atoms with Crippen molar-refractivity contribution in [3.8, 4) is 11.9 Å². The molecule has 0 amide bonds. The predicted molar refractivity (Wildman–Crippen MR) is 61.8 cm³/mol. The molecule has 0 spiro atoms. The zero-order chi connectivity index (χ0) is 12.5. The van der Waals surface area contributed by atoms with E-state index in [9.17, 15) is 0 Å². The van der Waals surface area contributed by atoms with Gasteiger partial charge in [0.05, 0.1) is 18.3 Å². The number of nitriles is 1. The SMILES string of the molecule is CC(C)(C)c1cc2n(n1)CC(OCC#N)CO2. The van der Waals surface area contributed by atoms with Gasteiger partial charge in [0, 0.05) is 11.5 Å². The van der Waals surface area contributed by atoms with E-state index in [1.54, 1.807) is 0 Å². The minimum absolute atomic E-state index is 0.0106. The van der Waals surface area contributed by atoms with Crippen LogP contribution >= 0.6 is 0 Å². The summed E-state index contributed by atoms with van der Waals surface area (Å²) in [5, 5.41) is 13.0. The first-order chi connectivity index (χ1) is 8.00. The quantitative estimate of drug-likeness (QED) is 0.779. The third-order valence-corrected chi connectivity index (χ3v) is 2.69. The molecule has 0 N–H and O–H groups in total. The van der Waals surface area contributed by atoms with E-state index in [2.05, 4.69) is 25.9 Å². The molecule has 1 unspecified atom stereocenters. The molecular weight excluding hydrogens is 218 g/mol. The Bertz CT molecular complexity index is 440. The lowest BCUT2D eigenvalue weighted by atomic mass is 9.93. The third-order valence-electron chi connectivity index (χ3n) is 2.69. The highest BCUT2D eigenvalue weighted by molar-refractivity contribution is 5.22. The summed E-state index contributed by atoms with van der Waals surface area (Å²) >= 11 is 0. The van der Waals surface area contributed by atoms with Crippen LogP contribution in [0.25, 0.3) is 0 Å². The summed E-state index contributed by atoms with van der Waals surface area (Å²) in [5.41, 5.74) is 1.02. The van der Waals surface area contributed by atoms with Gasteiger partial charge in [-0.3, -0.25) is 0 Å². The Kier molecular flexibility index (Phi) is 3.07. The minimum Gasteiger partial charge on any atom is -0.475 e. The van der Waals surface area contributed by atoms with E-state index in [1.165, 1.54) is 0 Å². The van der Waals surface area contributed by atoms with Crippen molar-refractivity contribution in [1.82, 2.24) is 9.78 Å². The van der Waals surface area contributed by atoms with Gasteiger partial charge in [0.2, 0.25) is 5.88 Å². The number of hydrogen-bond donors (Lipinski definition) is 0. The second-order valence-electron chi connectivity index (χ2n) is 5.20. The van der Waals surface area contributed by atoms with E-state index >= 15 is 0 Å². The van der Waals surface area contributed by atoms with E-state index in [-0.39, 0.29) is 18.1 Å². The third kappa shape index (κ3) is 2.59. The lowest BCUT2D eigenvalue weighted by Gasteiger charge is -2.23. The van der Waals surface area contributed by atoms with Gasteiger partial charge in [0.15, 0.2) is 0 Å². The molecule has 1 aromatic heterocycles. The summed E-state index contributed by atoms with van der Waals surface area (Å²) in [4.78, 5) is 0. The second kappa shape index (κ2) is 4.38. The van der Waals surface area contributed by atoms with Crippen LogP contribution in [0.1, 0.15) is 26.5 Å². The number of fused-ring (bicyclic) bond motifs is 1. The summed E-state index contributed by atoms with van der Waals surface area (Å²) < 4.78 is 12.7. The summed E-state index contributed by atoms with van der Waals surface area (Å²) in [6, 6.07) is 3.93. The first kappa shape index (κ1) is 11.9. The largest absolute Gasteiger partial charge is 0.475 e. The Morgan fingerprint density at radius 1 is 1.65 bits per heavy atom. The van der Waals surface area contributed by atoms with Gasteiger partial charge in [-0.15, -0.1) is 0 Å². The highest BCUT2D eigenvalue weighted by Crippen LogP contribution is 2.27. The maximum absolute atomic E-state index is 8.46. The predicted octanol–water partition coefficient (Wildman–Crippen LogP) is 1.48. The summed E-state index contributed by atoms with van der Waals surface area (Å²) in [6.07, 6.45) is -0.0881. The van der Waals surface area contributed by atoms with Gasteiger partial charge in [0.1, 0.15) is 19.3 Å². The molecule has 5 heteroatoms. The minimum atomic E-state index is -0.0881. The van der Waals surface area contributed by atoms with E-state index in [0.29, 0.717) is 13.2 Å². The van der Waals surface area contributed by atoms with Crippen LogP contribution < -0.4 is 4.74 Å². The van der Waals surface area contributed by atoms with E-state index in [4.69, 9.17) is 14.7 Å². The van der Waals surface area contributed by atoms with Crippen LogP contribution in [0, 0.1) is 11.3 Å². The average molecular weight is 235 g/mol. The van der Waals surface area contributed by atoms with Crippen molar-refractivity contribution < 1.29 is 9.47 Å². The van der Waals surface area contributed by atoms with Gasteiger partial charge in [-0.1, -0.05) is 20.8 Å². The van der Waals surface area contributed by atoms with Crippen LogP contribution in [-0.4, -0.2) is 29.1 Å². The lowest BCUT2D eigenvalue weighted by molar-refractivity contribution is 0.00230. The molecule has 1 aliphatic rings. The molecule has 0 saturated heterocycles. The number of nitrogens with zero attached hydrogens (tertiary/aromatic N) is 3. The molecule has 5 nitrogen and oxygen atoms in total. The molecular formula is C12H17N3O2. The van der Waals surface area contributed by atoms with Gasteiger partial charge in [-0.05, 0) is 0 Å². The summed E-state index contributed by atoms with van der Waals surface area (Å²) in [5.74, 6) is 0.784. The molecule has 0 fully saturated rings. The molecule has 0 radical (unpaired) electrons. The van der Waals surface area contributed by atoms with Crippen molar-refractivity contribution >= 4 is 0 Å². The standard InChI is InChI=1S/C12H17N3O2/c1-12(2,3)10-6-11-15(14-10)7-9(8-17-11)16-5-4-13/h6,9H,5,7-8H2,1-3H3. The van der Waals surface area contributed by atoms with E-state index in [1.807, 2.05) is 16.8 Å². The zero-order valence-electron chi connectivity index (χ0n) is 10.4. The van der Waals surface area contributed by atoms with Gasteiger partial charge in [-0.2, -0.15) is 10.4 Å². The fourth-order valence-electron chi connectivity index (χ4n) is 1.69. The molecule has 0 saturated carbocycles. The van der Waals surface area contributed by atoms with Crippen molar-refractivity contribution in [2.24, 2.45) is 0 Å². The molecule has 0 aromatic carbocycles. The maximum Gasteiger partial charge on any atom is 0.212 e. The van der Waals surface area contributed by atoms with E-state index < -0.39 is 0 Å². The van der Waals surface area contributed by atoms with Gasteiger partial charge in [0.25, 0.3) is 0 Å². The monoisotopic (exact) mass is 235 g/mol.